The van der Waals surface area contributed by atoms with Crippen molar-refractivity contribution in [1.29, 1.82) is 0 Å². The second-order valence-electron chi connectivity index (χ2n) is 5.99. The van der Waals surface area contributed by atoms with Crippen molar-refractivity contribution in [2.24, 2.45) is 5.92 Å². The normalized spacial score (nSPS) is 17.3. The summed E-state index contributed by atoms with van der Waals surface area (Å²) in [6, 6.07) is 7.89. The number of nitrogens with two attached hydrogens (primary N) is 1. The number of carbonyl (C=O) groups is 1. The van der Waals surface area contributed by atoms with E-state index >= 15 is 0 Å². The summed E-state index contributed by atoms with van der Waals surface area (Å²) in [7, 11) is 1.67. The van der Waals surface area contributed by atoms with Gasteiger partial charge in [0.25, 0.3) is 0 Å². The topological polar surface area (TPSA) is 55.6 Å². The molecule has 1 saturated carbocycles. The van der Waals surface area contributed by atoms with E-state index in [0.29, 0.717) is 24.8 Å². The van der Waals surface area contributed by atoms with Gasteiger partial charge in [-0.2, -0.15) is 0 Å². The molecule has 1 fully saturated rings. The monoisotopic (exact) mass is 290 g/mol. The summed E-state index contributed by atoms with van der Waals surface area (Å²) in [4.78, 5) is 14.8. The van der Waals surface area contributed by atoms with E-state index in [1.54, 1.807) is 7.11 Å². The summed E-state index contributed by atoms with van der Waals surface area (Å²) in [5.74, 6) is 0.641. The molecule has 0 bridgehead atoms. The molecule has 1 aliphatic carbocycles. The van der Waals surface area contributed by atoms with Gasteiger partial charge >= 0.3 is 0 Å². The first-order valence-corrected chi connectivity index (χ1v) is 7.69. The van der Waals surface area contributed by atoms with Crippen molar-refractivity contribution in [3.63, 3.8) is 0 Å². The summed E-state index contributed by atoms with van der Waals surface area (Å²) in [5.41, 5.74) is 7.50. The summed E-state index contributed by atoms with van der Waals surface area (Å²) in [6.45, 7) is 5.33. The van der Waals surface area contributed by atoms with Gasteiger partial charge in [-0.05, 0) is 50.3 Å². The number of amides is 1. The van der Waals surface area contributed by atoms with Crippen LogP contribution >= 0.6 is 0 Å². The van der Waals surface area contributed by atoms with E-state index < -0.39 is 0 Å². The molecule has 2 N–H and O–H groups in total. The van der Waals surface area contributed by atoms with Crippen LogP contribution in [0.3, 0.4) is 0 Å². The van der Waals surface area contributed by atoms with Crippen molar-refractivity contribution in [3.8, 4) is 0 Å². The van der Waals surface area contributed by atoms with Crippen LogP contribution in [0.4, 0.5) is 5.69 Å². The molecule has 2 rings (SSSR count). The third-order valence-corrected chi connectivity index (χ3v) is 4.40. The molecular weight excluding hydrogens is 264 g/mol. The van der Waals surface area contributed by atoms with Crippen molar-refractivity contribution >= 4 is 11.6 Å². The fourth-order valence-corrected chi connectivity index (χ4v) is 2.76. The molecule has 21 heavy (non-hydrogen) atoms. The molecule has 0 aliphatic heterocycles. The van der Waals surface area contributed by atoms with Gasteiger partial charge in [0.1, 0.15) is 0 Å². The molecule has 0 aromatic heterocycles. The molecule has 1 aromatic carbocycles. The Labute approximate surface area is 127 Å². The lowest BCUT2D eigenvalue weighted by atomic mass is 9.98. The minimum absolute atomic E-state index is 0.164. The van der Waals surface area contributed by atoms with E-state index in [1.807, 2.05) is 36.1 Å². The lowest BCUT2D eigenvalue weighted by Crippen LogP contribution is -2.43. The maximum absolute atomic E-state index is 12.9. The zero-order chi connectivity index (χ0) is 15.4. The van der Waals surface area contributed by atoms with Gasteiger partial charge in [0.2, 0.25) is 5.91 Å². The minimum Gasteiger partial charge on any atom is -0.399 e. The molecular formula is C17H26N2O2. The summed E-state index contributed by atoms with van der Waals surface area (Å²) < 4.78 is 5.16. The molecule has 116 valence electrons. The van der Waals surface area contributed by atoms with Crippen LogP contribution < -0.4 is 5.73 Å². The maximum atomic E-state index is 12.9. The highest BCUT2D eigenvalue weighted by Crippen LogP contribution is 2.36. The van der Waals surface area contributed by atoms with Crippen LogP contribution in [0.5, 0.6) is 0 Å². The van der Waals surface area contributed by atoms with Crippen molar-refractivity contribution < 1.29 is 9.53 Å². The molecule has 0 heterocycles. The van der Waals surface area contributed by atoms with Crippen molar-refractivity contribution in [2.45, 2.75) is 38.6 Å². The Bertz CT molecular complexity index is 485. The number of rotatable bonds is 7. The molecule has 0 radical (unpaired) electrons. The lowest BCUT2D eigenvalue weighted by molar-refractivity contribution is -0.135. The molecule has 1 aliphatic rings. The Morgan fingerprint density at radius 3 is 2.71 bits per heavy atom. The van der Waals surface area contributed by atoms with Crippen LogP contribution in [-0.2, 0) is 9.53 Å². The highest BCUT2D eigenvalue weighted by Gasteiger charge is 2.35. The lowest BCUT2D eigenvalue weighted by Gasteiger charge is -2.32. The fraction of sp³-hybridized carbons (Fsp3) is 0.588. The molecule has 0 spiro atoms. The van der Waals surface area contributed by atoms with Gasteiger partial charge in [0, 0.05) is 25.4 Å². The Morgan fingerprint density at radius 1 is 1.43 bits per heavy atom. The van der Waals surface area contributed by atoms with Gasteiger partial charge in [0.05, 0.1) is 12.5 Å². The third-order valence-electron chi connectivity index (χ3n) is 4.40. The van der Waals surface area contributed by atoms with Crippen molar-refractivity contribution in [2.75, 3.05) is 26.0 Å². The van der Waals surface area contributed by atoms with Crippen LogP contribution in [0.15, 0.2) is 24.3 Å². The van der Waals surface area contributed by atoms with E-state index in [9.17, 15) is 4.79 Å². The van der Waals surface area contributed by atoms with Crippen LogP contribution in [0.1, 0.15) is 38.2 Å². The second kappa shape index (κ2) is 6.94. The molecule has 4 heteroatoms. The van der Waals surface area contributed by atoms with Gasteiger partial charge in [-0.15, -0.1) is 0 Å². The Kier molecular flexibility index (Phi) is 5.23. The Hall–Kier alpha value is -1.55. The van der Waals surface area contributed by atoms with Crippen molar-refractivity contribution in [1.82, 2.24) is 4.90 Å². The average molecular weight is 290 g/mol. The van der Waals surface area contributed by atoms with Gasteiger partial charge in [0.15, 0.2) is 0 Å². The molecule has 0 saturated heterocycles. The number of hydrogen-bond acceptors (Lipinski definition) is 3. The smallest absolute Gasteiger partial charge is 0.230 e. The average Bonchev–Trinajstić information content (AvgIpc) is 3.31. The van der Waals surface area contributed by atoms with Gasteiger partial charge in [-0.3, -0.25) is 4.79 Å². The van der Waals surface area contributed by atoms with E-state index in [-0.39, 0.29) is 17.9 Å². The number of anilines is 1. The van der Waals surface area contributed by atoms with E-state index in [0.717, 1.165) is 5.56 Å². The molecule has 2 unspecified atom stereocenters. The predicted octanol–water partition coefficient (Wildman–Crippen LogP) is 2.65. The van der Waals surface area contributed by atoms with Crippen LogP contribution in [0, 0.1) is 5.92 Å². The maximum Gasteiger partial charge on any atom is 0.230 e. The predicted molar refractivity (Wildman–Crippen MR) is 85.0 cm³/mol. The first kappa shape index (κ1) is 15.8. The van der Waals surface area contributed by atoms with Gasteiger partial charge in [-0.25, -0.2) is 0 Å². The Morgan fingerprint density at radius 2 is 2.14 bits per heavy atom. The number of benzene rings is 1. The summed E-state index contributed by atoms with van der Waals surface area (Å²) >= 11 is 0. The largest absolute Gasteiger partial charge is 0.399 e. The van der Waals surface area contributed by atoms with Gasteiger partial charge < -0.3 is 15.4 Å². The van der Waals surface area contributed by atoms with Crippen molar-refractivity contribution in [3.05, 3.63) is 29.8 Å². The standard InChI is InChI=1S/C17H26N2O2/c1-12(15-5-4-6-16(18)11-15)17(20)19(9-10-21-3)13(2)14-7-8-14/h4-6,11-14H,7-10,18H2,1-3H3. The highest BCUT2D eigenvalue weighted by molar-refractivity contribution is 5.84. The number of nitrogens with zero attached hydrogens (tertiary/aromatic N) is 1. The molecule has 2 atom stereocenters. The zero-order valence-electron chi connectivity index (χ0n) is 13.2. The number of nitrogen functional groups attached to an aromatic ring is 1. The van der Waals surface area contributed by atoms with Crippen LogP contribution in [0.2, 0.25) is 0 Å². The molecule has 1 aromatic rings. The summed E-state index contributed by atoms with van der Waals surface area (Å²) in [5, 5.41) is 0. The quantitative estimate of drug-likeness (QED) is 0.785. The van der Waals surface area contributed by atoms with Gasteiger partial charge in [-0.1, -0.05) is 12.1 Å². The Balaban J connectivity index is 2.12. The first-order valence-electron chi connectivity index (χ1n) is 7.69. The van der Waals surface area contributed by atoms with E-state index in [2.05, 4.69) is 6.92 Å². The fourth-order valence-electron chi connectivity index (χ4n) is 2.76. The SMILES string of the molecule is COCCN(C(=O)C(C)c1cccc(N)c1)C(C)C1CC1. The van der Waals surface area contributed by atoms with E-state index in [4.69, 9.17) is 10.5 Å². The summed E-state index contributed by atoms with van der Waals surface area (Å²) in [6.07, 6.45) is 2.45. The molecule has 4 nitrogen and oxygen atoms in total. The third kappa shape index (κ3) is 3.97. The second-order valence-corrected chi connectivity index (χ2v) is 5.99. The molecule has 1 amide bonds. The van der Waals surface area contributed by atoms with Crippen LogP contribution in [-0.4, -0.2) is 37.1 Å². The highest BCUT2D eigenvalue weighted by atomic mass is 16.5. The first-order chi connectivity index (χ1) is 10.0. The minimum atomic E-state index is -0.174. The number of methoxy groups -OCH3 is 1. The number of carbonyl (C=O) groups excluding carboxylic acids is 1. The van der Waals surface area contributed by atoms with E-state index in [1.165, 1.54) is 12.8 Å². The number of hydrogen-bond donors (Lipinski definition) is 1. The van der Waals surface area contributed by atoms with Crippen LogP contribution in [0.25, 0.3) is 0 Å². The zero-order valence-corrected chi connectivity index (χ0v) is 13.2. The number of ether oxygens (including phenoxy) is 1.